The molecule has 1 unspecified atom stereocenters. The fourth-order valence-corrected chi connectivity index (χ4v) is 1.14. The monoisotopic (exact) mass is 132 g/mol. The zero-order valence-corrected chi connectivity index (χ0v) is 6.52. The molecule has 52 valence electrons. The summed E-state index contributed by atoms with van der Waals surface area (Å²) in [5, 5.41) is 0. The van der Waals surface area contributed by atoms with Crippen molar-refractivity contribution in [3.8, 4) is 12.3 Å². The molecule has 1 aliphatic carbocycles. The van der Waals surface area contributed by atoms with Crippen LogP contribution in [0, 0.1) is 18.3 Å². The van der Waals surface area contributed by atoms with Crippen LogP contribution in [0.1, 0.15) is 20.3 Å². The van der Waals surface area contributed by atoms with Crippen LogP contribution in [-0.2, 0) is 0 Å². The molecule has 10 heavy (non-hydrogen) atoms. The fourth-order valence-electron chi connectivity index (χ4n) is 1.14. The van der Waals surface area contributed by atoms with Crippen molar-refractivity contribution in [1.82, 2.24) is 0 Å². The molecule has 0 amide bonds. The highest BCUT2D eigenvalue weighted by atomic mass is 14.1. The van der Waals surface area contributed by atoms with Gasteiger partial charge in [0.25, 0.3) is 0 Å². The molecular weight excluding hydrogens is 120 g/mol. The molecule has 0 aromatic carbocycles. The Morgan fingerprint density at radius 1 is 1.70 bits per heavy atom. The Labute approximate surface area is 62.6 Å². The van der Waals surface area contributed by atoms with Gasteiger partial charge in [0.1, 0.15) is 0 Å². The van der Waals surface area contributed by atoms with E-state index < -0.39 is 0 Å². The molecule has 1 atom stereocenters. The summed E-state index contributed by atoms with van der Waals surface area (Å²) in [6, 6.07) is 0. The Morgan fingerprint density at radius 3 is 2.90 bits per heavy atom. The quantitative estimate of drug-likeness (QED) is 0.351. The van der Waals surface area contributed by atoms with E-state index in [0.717, 1.165) is 12.0 Å². The predicted molar refractivity (Wildman–Crippen MR) is 44.5 cm³/mol. The standard InChI is InChI=1S/C10H12/c1-4-10-7-5-6-8(2)9(10)3/h1,5-6,8H,7H2,2-3H3. The molecule has 0 bridgehead atoms. The van der Waals surface area contributed by atoms with Crippen LogP contribution in [-0.4, -0.2) is 0 Å². The van der Waals surface area contributed by atoms with Crippen molar-refractivity contribution in [2.75, 3.05) is 0 Å². The van der Waals surface area contributed by atoms with E-state index in [9.17, 15) is 0 Å². The van der Waals surface area contributed by atoms with Crippen LogP contribution in [0.4, 0.5) is 0 Å². The van der Waals surface area contributed by atoms with Crippen LogP contribution < -0.4 is 0 Å². The second-order valence-corrected chi connectivity index (χ2v) is 2.73. The van der Waals surface area contributed by atoms with Crippen molar-refractivity contribution < 1.29 is 0 Å². The van der Waals surface area contributed by atoms with Gasteiger partial charge >= 0.3 is 0 Å². The van der Waals surface area contributed by atoms with Gasteiger partial charge in [0.2, 0.25) is 0 Å². The Hall–Kier alpha value is -0.960. The van der Waals surface area contributed by atoms with Crippen LogP contribution in [0.25, 0.3) is 0 Å². The molecule has 0 aromatic heterocycles. The molecule has 0 nitrogen and oxygen atoms in total. The zero-order valence-electron chi connectivity index (χ0n) is 6.52. The maximum atomic E-state index is 5.31. The maximum absolute atomic E-state index is 5.31. The summed E-state index contributed by atoms with van der Waals surface area (Å²) in [6.07, 6.45) is 10.6. The smallest absolute Gasteiger partial charge is 0.00503 e. The van der Waals surface area contributed by atoms with Crippen molar-refractivity contribution in [2.24, 2.45) is 5.92 Å². The highest BCUT2D eigenvalue weighted by Gasteiger charge is 2.08. The first-order valence-electron chi connectivity index (χ1n) is 3.58. The van der Waals surface area contributed by atoms with Crippen molar-refractivity contribution in [3.63, 3.8) is 0 Å². The molecular formula is C10H12. The minimum atomic E-state index is 0.541. The first-order valence-corrected chi connectivity index (χ1v) is 3.58. The third kappa shape index (κ3) is 1.14. The molecule has 0 aliphatic heterocycles. The third-order valence-corrected chi connectivity index (χ3v) is 2.08. The average molecular weight is 132 g/mol. The minimum Gasteiger partial charge on any atom is -0.115 e. The lowest BCUT2D eigenvalue weighted by atomic mass is 9.91. The lowest BCUT2D eigenvalue weighted by Gasteiger charge is -2.14. The van der Waals surface area contributed by atoms with Gasteiger partial charge in [-0.15, -0.1) is 6.42 Å². The van der Waals surface area contributed by atoms with Crippen LogP contribution in [0.15, 0.2) is 23.3 Å². The number of terminal acetylenes is 1. The largest absolute Gasteiger partial charge is 0.115 e. The van der Waals surface area contributed by atoms with E-state index in [2.05, 4.69) is 31.9 Å². The first-order chi connectivity index (χ1) is 4.75. The Balaban J connectivity index is 2.90. The van der Waals surface area contributed by atoms with E-state index in [1.54, 1.807) is 0 Å². The fraction of sp³-hybridized carbons (Fsp3) is 0.400. The normalized spacial score (nSPS) is 24.7. The molecule has 0 N–H and O–H groups in total. The molecule has 0 heterocycles. The van der Waals surface area contributed by atoms with Gasteiger partial charge in [-0.25, -0.2) is 0 Å². The SMILES string of the molecule is C#CC1=C(C)C(C)C=CC1. The molecule has 0 spiro atoms. The molecule has 0 saturated carbocycles. The molecule has 0 fully saturated rings. The van der Waals surface area contributed by atoms with Crippen LogP contribution in [0.5, 0.6) is 0 Å². The van der Waals surface area contributed by atoms with Gasteiger partial charge in [-0.2, -0.15) is 0 Å². The van der Waals surface area contributed by atoms with Gasteiger partial charge in [-0.05, 0) is 19.3 Å². The van der Waals surface area contributed by atoms with E-state index in [1.807, 2.05) is 0 Å². The Morgan fingerprint density at radius 2 is 2.40 bits per heavy atom. The molecule has 1 rings (SSSR count). The van der Waals surface area contributed by atoms with Gasteiger partial charge in [-0.1, -0.05) is 30.6 Å². The van der Waals surface area contributed by atoms with E-state index in [1.165, 1.54) is 5.57 Å². The molecule has 1 aliphatic rings. The number of rotatable bonds is 0. The summed E-state index contributed by atoms with van der Waals surface area (Å²) in [5.74, 6) is 3.25. The molecule has 0 saturated heterocycles. The topological polar surface area (TPSA) is 0 Å². The van der Waals surface area contributed by atoms with Crippen molar-refractivity contribution in [1.29, 1.82) is 0 Å². The van der Waals surface area contributed by atoms with Gasteiger partial charge in [-0.3, -0.25) is 0 Å². The summed E-state index contributed by atoms with van der Waals surface area (Å²) in [7, 11) is 0. The van der Waals surface area contributed by atoms with Crippen LogP contribution >= 0.6 is 0 Å². The molecule has 0 aromatic rings. The number of hydrogen-bond donors (Lipinski definition) is 0. The van der Waals surface area contributed by atoms with Crippen LogP contribution in [0.3, 0.4) is 0 Å². The van der Waals surface area contributed by atoms with Gasteiger partial charge in [0, 0.05) is 5.57 Å². The van der Waals surface area contributed by atoms with E-state index in [-0.39, 0.29) is 0 Å². The number of hydrogen-bond acceptors (Lipinski definition) is 0. The summed E-state index contributed by atoms with van der Waals surface area (Å²) in [5.41, 5.74) is 2.51. The minimum absolute atomic E-state index is 0.541. The first kappa shape index (κ1) is 7.15. The highest BCUT2D eigenvalue weighted by molar-refractivity contribution is 5.37. The highest BCUT2D eigenvalue weighted by Crippen LogP contribution is 2.22. The van der Waals surface area contributed by atoms with E-state index >= 15 is 0 Å². The Bertz CT molecular complexity index is 223. The van der Waals surface area contributed by atoms with Crippen LogP contribution in [0.2, 0.25) is 0 Å². The van der Waals surface area contributed by atoms with E-state index in [4.69, 9.17) is 6.42 Å². The molecule has 0 radical (unpaired) electrons. The summed E-state index contributed by atoms with van der Waals surface area (Å²) >= 11 is 0. The molecule has 0 heteroatoms. The second-order valence-electron chi connectivity index (χ2n) is 2.73. The van der Waals surface area contributed by atoms with Gasteiger partial charge in [0.15, 0.2) is 0 Å². The van der Waals surface area contributed by atoms with Gasteiger partial charge in [0.05, 0.1) is 0 Å². The zero-order chi connectivity index (χ0) is 7.56. The lowest BCUT2D eigenvalue weighted by molar-refractivity contribution is 0.823. The summed E-state index contributed by atoms with van der Waals surface area (Å²) in [6.45, 7) is 4.28. The Kier molecular flexibility index (Phi) is 1.97. The van der Waals surface area contributed by atoms with Gasteiger partial charge < -0.3 is 0 Å². The predicted octanol–water partition coefficient (Wildman–Crippen LogP) is 2.53. The maximum Gasteiger partial charge on any atom is 0.00503 e. The van der Waals surface area contributed by atoms with Crippen molar-refractivity contribution >= 4 is 0 Å². The summed E-state index contributed by atoms with van der Waals surface area (Å²) in [4.78, 5) is 0. The second kappa shape index (κ2) is 2.75. The number of allylic oxidation sites excluding steroid dienone is 4. The average Bonchev–Trinajstić information content (AvgIpc) is 1.95. The third-order valence-electron chi connectivity index (χ3n) is 2.08. The van der Waals surface area contributed by atoms with E-state index in [0.29, 0.717) is 5.92 Å². The van der Waals surface area contributed by atoms with Crippen molar-refractivity contribution in [2.45, 2.75) is 20.3 Å². The lowest BCUT2D eigenvalue weighted by Crippen LogP contribution is -2.00. The summed E-state index contributed by atoms with van der Waals surface area (Å²) < 4.78 is 0. The van der Waals surface area contributed by atoms with Crippen molar-refractivity contribution in [3.05, 3.63) is 23.3 Å².